The van der Waals surface area contributed by atoms with Crippen molar-refractivity contribution in [1.82, 2.24) is 25.5 Å². The molecule has 3 rings (SSSR count). The molecule has 2 aromatic rings. The molecule has 0 aromatic carbocycles. The van der Waals surface area contributed by atoms with Gasteiger partial charge in [-0.2, -0.15) is 5.10 Å². The summed E-state index contributed by atoms with van der Waals surface area (Å²) in [5, 5.41) is 9.37. The number of hydrogen-bond acceptors (Lipinski definition) is 5. The highest BCUT2D eigenvalue weighted by molar-refractivity contribution is 5.48. The lowest BCUT2D eigenvalue weighted by Crippen LogP contribution is -2.20. The van der Waals surface area contributed by atoms with Crippen LogP contribution in [0.4, 0.5) is 0 Å². The average Bonchev–Trinajstić information content (AvgIpc) is 3.01. The Kier molecular flexibility index (Phi) is 2.81. The minimum absolute atomic E-state index is 0.158. The smallest absolute Gasteiger partial charge is 0.340 e. The zero-order valence-electron chi connectivity index (χ0n) is 9.64. The highest BCUT2D eigenvalue weighted by Gasteiger charge is 2.16. The Labute approximate surface area is 103 Å². The number of H-pyrrole nitrogens is 2. The van der Waals surface area contributed by atoms with Gasteiger partial charge in [0.1, 0.15) is 11.8 Å². The molecule has 1 fully saturated rings. The number of aromatic nitrogens is 4. The molecule has 0 unspecified atom stereocenters. The summed E-state index contributed by atoms with van der Waals surface area (Å²) in [4.78, 5) is 17.9. The fraction of sp³-hybridized carbons (Fsp3) is 0.364. The van der Waals surface area contributed by atoms with Crippen LogP contribution < -0.4 is 15.7 Å². The molecule has 0 spiro atoms. The van der Waals surface area contributed by atoms with E-state index in [1.54, 1.807) is 12.1 Å². The van der Waals surface area contributed by atoms with Crippen LogP contribution in [0, 0.1) is 0 Å². The number of aromatic amines is 2. The molecule has 18 heavy (non-hydrogen) atoms. The minimum atomic E-state index is -0.349. The lowest BCUT2D eigenvalue weighted by molar-refractivity contribution is 0.214. The van der Waals surface area contributed by atoms with Crippen molar-refractivity contribution in [3.63, 3.8) is 0 Å². The molecular formula is C11H13N5O2. The quantitative estimate of drug-likeness (QED) is 0.704. The van der Waals surface area contributed by atoms with Crippen LogP contribution in [-0.2, 0) is 0 Å². The van der Waals surface area contributed by atoms with Gasteiger partial charge in [-0.3, -0.25) is 4.98 Å². The number of pyridine rings is 1. The van der Waals surface area contributed by atoms with Gasteiger partial charge in [-0.1, -0.05) is 6.07 Å². The van der Waals surface area contributed by atoms with Crippen LogP contribution in [0.25, 0.3) is 11.5 Å². The van der Waals surface area contributed by atoms with Crippen LogP contribution in [0.2, 0.25) is 0 Å². The van der Waals surface area contributed by atoms with Crippen LogP contribution in [0.5, 0.6) is 5.88 Å². The van der Waals surface area contributed by atoms with E-state index in [1.165, 1.54) is 0 Å². The molecule has 0 aliphatic carbocycles. The van der Waals surface area contributed by atoms with E-state index < -0.39 is 0 Å². The van der Waals surface area contributed by atoms with Crippen molar-refractivity contribution in [2.45, 2.75) is 12.5 Å². The molecule has 3 N–H and O–H groups in total. The van der Waals surface area contributed by atoms with Crippen LogP contribution in [-0.4, -0.2) is 39.4 Å². The Morgan fingerprint density at radius 3 is 3.06 bits per heavy atom. The van der Waals surface area contributed by atoms with E-state index in [0.29, 0.717) is 17.4 Å². The summed E-state index contributed by atoms with van der Waals surface area (Å²) in [5.41, 5.74) is 0.231. The molecule has 1 aliphatic heterocycles. The number of nitrogens with zero attached hydrogens (tertiary/aromatic N) is 2. The molecule has 1 saturated heterocycles. The second-order valence-electron chi connectivity index (χ2n) is 4.12. The summed E-state index contributed by atoms with van der Waals surface area (Å²) in [6.07, 6.45) is 1.14. The third-order valence-corrected chi connectivity index (χ3v) is 2.77. The van der Waals surface area contributed by atoms with Crippen LogP contribution in [0.3, 0.4) is 0 Å². The average molecular weight is 247 g/mol. The lowest BCUT2D eigenvalue weighted by atomic mass is 10.3. The normalized spacial score (nSPS) is 19.0. The molecule has 94 valence electrons. The molecule has 0 amide bonds. The molecule has 0 saturated carbocycles. The third kappa shape index (κ3) is 2.25. The monoisotopic (exact) mass is 247 g/mol. The maximum absolute atomic E-state index is 11.0. The topological polar surface area (TPSA) is 95.7 Å². The van der Waals surface area contributed by atoms with E-state index in [9.17, 15) is 4.79 Å². The molecule has 7 nitrogen and oxygen atoms in total. The van der Waals surface area contributed by atoms with E-state index in [1.807, 2.05) is 6.07 Å². The lowest BCUT2D eigenvalue weighted by Gasteiger charge is -2.11. The molecule has 3 heterocycles. The molecule has 2 aromatic heterocycles. The maximum atomic E-state index is 11.0. The summed E-state index contributed by atoms with van der Waals surface area (Å²) in [6.45, 7) is 1.81. The Morgan fingerprint density at radius 1 is 1.39 bits per heavy atom. The van der Waals surface area contributed by atoms with Gasteiger partial charge in [0.2, 0.25) is 5.88 Å². The van der Waals surface area contributed by atoms with Crippen LogP contribution in [0.1, 0.15) is 6.42 Å². The van der Waals surface area contributed by atoms with Gasteiger partial charge in [0.25, 0.3) is 0 Å². The largest absolute Gasteiger partial charge is 0.473 e. The first-order chi connectivity index (χ1) is 8.81. The SMILES string of the molecule is O=c1[nH]nc(-c2cccc(O[C@H]3CCNC3)n2)[nH]1. The number of nitrogens with one attached hydrogen (secondary N) is 3. The molecule has 0 bridgehead atoms. The van der Waals surface area contributed by atoms with Gasteiger partial charge in [0, 0.05) is 12.6 Å². The maximum Gasteiger partial charge on any atom is 0.340 e. The minimum Gasteiger partial charge on any atom is -0.473 e. The molecular weight excluding hydrogens is 234 g/mol. The fourth-order valence-electron chi connectivity index (χ4n) is 1.90. The fourth-order valence-corrected chi connectivity index (χ4v) is 1.90. The van der Waals surface area contributed by atoms with Gasteiger partial charge in [-0.25, -0.2) is 14.9 Å². The van der Waals surface area contributed by atoms with Crippen LogP contribution >= 0.6 is 0 Å². The summed E-state index contributed by atoms with van der Waals surface area (Å²) in [7, 11) is 0. The van der Waals surface area contributed by atoms with Crippen molar-refractivity contribution in [1.29, 1.82) is 0 Å². The summed E-state index contributed by atoms with van der Waals surface area (Å²) >= 11 is 0. The van der Waals surface area contributed by atoms with Gasteiger partial charge in [0.05, 0.1) is 0 Å². The van der Waals surface area contributed by atoms with Crippen molar-refractivity contribution in [2.24, 2.45) is 0 Å². The van der Waals surface area contributed by atoms with Gasteiger partial charge < -0.3 is 10.1 Å². The van der Waals surface area contributed by atoms with Crippen molar-refractivity contribution in [3.8, 4) is 17.4 Å². The first kappa shape index (κ1) is 11.0. The van der Waals surface area contributed by atoms with Gasteiger partial charge in [-0.05, 0) is 19.0 Å². The Balaban J connectivity index is 1.82. The van der Waals surface area contributed by atoms with Gasteiger partial charge in [0.15, 0.2) is 5.82 Å². The predicted octanol–water partition coefficient (Wildman–Crippen LogP) is -0.0993. The molecule has 7 heteroatoms. The van der Waals surface area contributed by atoms with Crippen molar-refractivity contribution in [2.75, 3.05) is 13.1 Å². The Bertz CT molecular complexity index is 585. The van der Waals surface area contributed by atoms with Crippen molar-refractivity contribution < 1.29 is 4.74 Å². The first-order valence-corrected chi connectivity index (χ1v) is 5.81. The van der Waals surface area contributed by atoms with Gasteiger partial charge >= 0.3 is 5.69 Å². The molecule has 1 atom stereocenters. The third-order valence-electron chi connectivity index (χ3n) is 2.77. The summed E-state index contributed by atoms with van der Waals surface area (Å²) < 4.78 is 5.74. The second kappa shape index (κ2) is 4.61. The van der Waals surface area contributed by atoms with Gasteiger partial charge in [-0.15, -0.1) is 0 Å². The number of rotatable bonds is 3. The van der Waals surface area contributed by atoms with E-state index in [0.717, 1.165) is 19.5 Å². The highest BCUT2D eigenvalue weighted by atomic mass is 16.5. The predicted molar refractivity (Wildman–Crippen MR) is 64.3 cm³/mol. The Hall–Kier alpha value is -2.15. The van der Waals surface area contributed by atoms with Crippen molar-refractivity contribution in [3.05, 3.63) is 28.7 Å². The number of hydrogen-bond donors (Lipinski definition) is 3. The second-order valence-corrected chi connectivity index (χ2v) is 4.12. The Morgan fingerprint density at radius 2 is 2.33 bits per heavy atom. The summed E-state index contributed by atoms with van der Waals surface area (Å²) in [5.74, 6) is 0.958. The van der Waals surface area contributed by atoms with E-state index in [2.05, 4.69) is 25.5 Å². The first-order valence-electron chi connectivity index (χ1n) is 5.81. The molecule has 0 radical (unpaired) electrons. The van der Waals surface area contributed by atoms with Crippen molar-refractivity contribution >= 4 is 0 Å². The van der Waals surface area contributed by atoms with E-state index in [4.69, 9.17) is 4.74 Å². The van der Waals surface area contributed by atoms with E-state index in [-0.39, 0.29) is 11.8 Å². The highest BCUT2D eigenvalue weighted by Crippen LogP contribution is 2.17. The zero-order chi connectivity index (χ0) is 12.4. The standard InChI is InChI=1S/C11H13N5O2/c17-11-14-10(15-16-11)8-2-1-3-9(13-8)18-7-4-5-12-6-7/h1-3,7,12H,4-6H2,(H2,14,15,16,17)/t7-/m0/s1. The van der Waals surface area contributed by atoms with E-state index >= 15 is 0 Å². The van der Waals surface area contributed by atoms with Crippen LogP contribution in [0.15, 0.2) is 23.0 Å². The zero-order valence-corrected chi connectivity index (χ0v) is 9.64. The molecule has 1 aliphatic rings. The number of ether oxygens (including phenoxy) is 1. The summed E-state index contributed by atoms with van der Waals surface area (Å²) in [6, 6.07) is 5.39.